The van der Waals surface area contributed by atoms with Crippen molar-refractivity contribution < 1.29 is 4.21 Å². The normalized spacial score (nSPS) is 17.8. The Bertz CT molecular complexity index is 1280. The largest absolute Gasteiger partial charge is 0.366 e. The van der Waals surface area contributed by atoms with Crippen molar-refractivity contribution >= 4 is 50.0 Å². The van der Waals surface area contributed by atoms with Crippen molar-refractivity contribution in [3.63, 3.8) is 0 Å². The first-order valence-corrected chi connectivity index (χ1v) is 13.0. The third-order valence-electron chi connectivity index (χ3n) is 5.70. The molecule has 33 heavy (non-hydrogen) atoms. The molecule has 0 spiro atoms. The van der Waals surface area contributed by atoms with Crippen molar-refractivity contribution in [2.75, 3.05) is 18.4 Å². The van der Waals surface area contributed by atoms with Crippen LogP contribution in [0.1, 0.15) is 30.0 Å². The number of anilines is 1. The van der Waals surface area contributed by atoms with Crippen LogP contribution in [0.25, 0.3) is 5.65 Å². The molecule has 0 radical (unpaired) electrons. The van der Waals surface area contributed by atoms with Crippen LogP contribution < -0.4 is 5.32 Å². The van der Waals surface area contributed by atoms with Gasteiger partial charge >= 0.3 is 0 Å². The second-order valence-electron chi connectivity index (χ2n) is 7.94. The van der Waals surface area contributed by atoms with Gasteiger partial charge in [0, 0.05) is 49.0 Å². The third kappa shape index (κ3) is 4.96. The van der Waals surface area contributed by atoms with E-state index in [9.17, 15) is 4.21 Å². The lowest BCUT2D eigenvalue weighted by Gasteiger charge is -2.31. The third-order valence-corrected chi connectivity index (χ3v) is 7.98. The van der Waals surface area contributed by atoms with Crippen molar-refractivity contribution in [2.24, 2.45) is 0 Å². The van der Waals surface area contributed by atoms with Crippen LogP contribution in [0.15, 0.2) is 70.4 Å². The van der Waals surface area contributed by atoms with Gasteiger partial charge < -0.3 is 5.32 Å². The predicted octanol–water partition coefficient (Wildman–Crippen LogP) is 5.05. The number of nitrogens with zero attached hydrogens (tertiary/aromatic N) is 5. The van der Waals surface area contributed by atoms with Crippen LogP contribution >= 0.6 is 27.5 Å². The van der Waals surface area contributed by atoms with E-state index in [-0.39, 0.29) is 5.92 Å². The zero-order chi connectivity index (χ0) is 22.8. The summed E-state index contributed by atoms with van der Waals surface area (Å²) in [6.45, 7) is 2.09. The molecule has 1 saturated heterocycles. The van der Waals surface area contributed by atoms with Crippen LogP contribution in [-0.4, -0.2) is 41.2 Å². The highest BCUT2D eigenvalue weighted by Crippen LogP contribution is 2.31. The molecule has 1 aliphatic rings. The molecule has 170 valence electrons. The average molecular weight is 546 g/mol. The molecule has 1 N–H and O–H groups in total. The van der Waals surface area contributed by atoms with Gasteiger partial charge in [-0.05, 0) is 64.7 Å². The number of hydrogen-bond acceptors (Lipinski definition) is 5. The van der Waals surface area contributed by atoms with E-state index in [0.717, 1.165) is 51.5 Å². The van der Waals surface area contributed by atoms with E-state index in [4.69, 9.17) is 16.6 Å². The minimum absolute atomic E-state index is 0.167. The van der Waals surface area contributed by atoms with E-state index in [1.54, 1.807) is 29.0 Å². The maximum Gasteiger partial charge on any atom is 0.171 e. The second-order valence-corrected chi connectivity index (χ2v) is 10.7. The summed E-state index contributed by atoms with van der Waals surface area (Å²) in [5.74, 6) is 1.03. The Hall–Kier alpha value is -2.33. The monoisotopic (exact) mass is 544 g/mol. The first-order chi connectivity index (χ1) is 16.1. The summed E-state index contributed by atoms with van der Waals surface area (Å²) in [6, 6.07) is 13.2. The van der Waals surface area contributed by atoms with Gasteiger partial charge in [0.05, 0.1) is 21.3 Å². The van der Waals surface area contributed by atoms with Gasteiger partial charge in [0.25, 0.3) is 0 Å². The van der Waals surface area contributed by atoms with Gasteiger partial charge in [-0.15, -0.1) is 0 Å². The van der Waals surface area contributed by atoms with Crippen molar-refractivity contribution in [1.82, 2.24) is 23.9 Å². The zero-order valence-electron chi connectivity index (χ0n) is 17.7. The highest BCUT2D eigenvalue weighted by Gasteiger charge is 2.27. The molecule has 4 aromatic rings. The molecule has 2 atom stereocenters. The second kappa shape index (κ2) is 9.89. The summed E-state index contributed by atoms with van der Waals surface area (Å²) < 4.78 is 17.8. The van der Waals surface area contributed by atoms with Crippen LogP contribution in [0, 0.1) is 0 Å². The van der Waals surface area contributed by atoms with Gasteiger partial charge in [-0.2, -0.15) is 9.61 Å². The van der Waals surface area contributed by atoms with Crippen molar-refractivity contribution in [3.8, 4) is 0 Å². The van der Waals surface area contributed by atoms with Crippen LogP contribution in [0.5, 0.6) is 0 Å². The Morgan fingerprint density at radius 2 is 2.06 bits per heavy atom. The van der Waals surface area contributed by atoms with Crippen LogP contribution in [0.2, 0.25) is 5.02 Å². The Balaban J connectivity index is 1.40. The number of fused-ring (bicyclic) bond motifs is 1. The molecular formula is C23H22BrClN6OS. The molecular weight excluding hydrogens is 524 g/mol. The topological polar surface area (TPSA) is 75.4 Å². The summed E-state index contributed by atoms with van der Waals surface area (Å²) in [5, 5.41) is 8.58. The molecule has 3 aromatic heterocycles. The molecule has 1 fully saturated rings. The van der Waals surface area contributed by atoms with E-state index < -0.39 is 11.0 Å². The minimum Gasteiger partial charge on any atom is -0.366 e. The van der Waals surface area contributed by atoms with Gasteiger partial charge in [0.15, 0.2) is 5.65 Å². The van der Waals surface area contributed by atoms with Crippen LogP contribution in [0.3, 0.4) is 0 Å². The van der Waals surface area contributed by atoms with Crippen molar-refractivity contribution in [2.45, 2.75) is 30.2 Å². The lowest BCUT2D eigenvalue weighted by molar-refractivity contribution is 0.327. The van der Waals surface area contributed by atoms with Gasteiger partial charge in [-0.1, -0.05) is 17.7 Å². The predicted molar refractivity (Wildman–Crippen MR) is 134 cm³/mol. The summed E-state index contributed by atoms with van der Waals surface area (Å²) in [6.07, 6.45) is 7.31. The molecule has 4 heterocycles. The average Bonchev–Trinajstić information content (AvgIpc) is 3.24. The fourth-order valence-corrected chi connectivity index (χ4v) is 5.77. The summed E-state index contributed by atoms with van der Waals surface area (Å²) in [5.41, 5.74) is 2.81. The standard InChI is InChI=1S/C23H22BrClN6OS/c24-20-14-28-31-22(27-13-16-3-1-9-26-12-16)11-21(29-23(20)31)17-4-2-10-30(15-17)33(32)19-7-5-18(25)6-8-19/h1,3,5-9,11-12,14,17,27H,2,4,10,13,15H2. The smallest absolute Gasteiger partial charge is 0.171 e. The number of rotatable bonds is 6. The molecule has 0 aliphatic carbocycles. The highest BCUT2D eigenvalue weighted by molar-refractivity contribution is 9.10. The fourth-order valence-electron chi connectivity index (χ4n) is 4.02. The lowest BCUT2D eigenvalue weighted by Crippen LogP contribution is -2.36. The van der Waals surface area contributed by atoms with E-state index in [0.29, 0.717) is 18.1 Å². The quantitative estimate of drug-likeness (QED) is 0.367. The molecule has 7 nitrogen and oxygen atoms in total. The molecule has 1 aliphatic heterocycles. The number of benzene rings is 1. The summed E-state index contributed by atoms with van der Waals surface area (Å²) in [4.78, 5) is 9.86. The number of piperidine rings is 1. The maximum absolute atomic E-state index is 13.2. The van der Waals surface area contributed by atoms with Crippen molar-refractivity contribution in [3.05, 3.63) is 81.8 Å². The maximum atomic E-state index is 13.2. The molecule has 0 bridgehead atoms. The molecule has 10 heteroatoms. The first kappa shape index (κ1) is 22.5. The van der Waals surface area contributed by atoms with Crippen molar-refractivity contribution in [1.29, 1.82) is 0 Å². The van der Waals surface area contributed by atoms with Gasteiger partial charge in [0.2, 0.25) is 0 Å². The Morgan fingerprint density at radius 3 is 2.85 bits per heavy atom. The number of hydrogen-bond donors (Lipinski definition) is 1. The Kier molecular flexibility index (Phi) is 6.73. The zero-order valence-corrected chi connectivity index (χ0v) is 20.9. The molecule has 1 aromatic carbocycles. The van der Waals surface area contributed by atoms with E-state index in [2.05, 4.69) is 37.4 Å². The van der Waals surface area contributed by atoms with Gasteiger partial charge in [-0.3, -0.25) is 4.98 Å². The highest BCUT2D eigenvalue weighted by atomic mass is 79.9. The van der Waals surface area contributed by atoms with Crippen LogP contribution in [-0.2, 0) is 17.5 Å². The molecule has 5 rings (SSSR count). The number of pyridine rings is 1. The fraction of sp³-hybridized carbons (Fsp3) is 0.261. The number of nitrogens with one attached hydrogen (secondary N) is 1. The summed E-state index contributed by atoms with van der Waals surface area (Å²) >= 11 is 9.57. The molecule has 0 amide bonds. The van der Waals surface area contributed by atoms with Gasteiger partial charge in [0.1, 0.15) is 16.8 Å². The Morgan fingerprint density at radius 1 is 1.21 bits per heavy atom. The molecule has 2 unspecified atom stereocenters. The van der Waals surface area contributed by atoms with Crippen LogP contribution in [0.4, 0.5) is 5.82 Å². The number of aromatic nitrogens is 4. The van der Waals surface area contributed by atoms with E-state index in [1.165, 1.54) is 0 Å². The van der Waals surface area contributed by atoms with E-state index in [1.807, 2.05) is 34.8 Å². The number of halogens is 2. The van der Waals surface area contributed by atoms with E-state index >= 15 is 0 Å². The first-order valence-electron chi connectivity index (χ1n) is 10.7. The SMILES string of the molecule is O=S(c1ccc(Cl)cc1)N1CCCC(c2cc(NCc3cccnc3)n3ncc(Br)c3n2)C1. The molecule has 0 saturated carbocycles. The lowest BCUT2D eigenvalue weighted by atomic mass is 9.96. The Labute approximate surface area is 207 Å². The van der Waals surface area contributed by atoms with Gasteiger partial charge in [-0.25, -0.2) is 13.5 Å². The minimum atomic E-state index is -1.23. The summed E-state index contributed by atoms with van der Waals surface area (Å²) in [7, 11) is -1.23.